The van der Waals surface area contributed by atoms with E-state index in [9.17, 15) is 4.79 Å². The second-order valence-electron chi connectivity index (χ2n) is 3.31. The van der Waals surface area contributed by atoms with Crippen LogP contribution < -0.4 is 4.74 Å². The summed E-state index contributed by atoms with van der Waals surface area (Å²) in [5.41, 5.74) is 2.16. The van der Waals surface area contributed by atoms with Gasteiger partial charge in [0.2, 0.25) is 0 Å². The molecule has 0 aliphatic heterocycles. The molecule has 14 heavy (non-hydrogen) atoms. The number of methoxy groups -OCH3 is 1. The molecule has 0 aromatic heterocycles. The van der Waals surface area contributed by atoms with Crippen LogP contribution in [0, 0.1) is 6.92 Å². The van der Waals surface area contributed by atoms with Gasteiger partial charge in [-0.1, -0.05) is 12.6 Å². The smallest absolute Gasteiger partial charge is 0.191 e. The fourth-order valence-corrected chi connectivity index (χ4v) is 1.22. The van der Waals surface area contributed by atoms with Gasteiger partial charge in [-0.15, -0.1) is 0 Å². The molecule has 1 rings (SSSR count). The molecule has 0 spiro atoms. The van der Waals surface area contributed by atoms with E-state index in [0.29, 0.717) is 16.9 Å². The zero-order chi connectivity index (χ0) is 10.7. The van der Waals surface area contributed by atoms with Gasteiger partial charge in [0.1, 0.15) is 5.75 Å². The molecule has 0 aliphatic rings. The van der Waals surface area contributed by atoms with Crippen molar-refractivity contribution in [2.24, 2.45) is 0 Å². The minimum atomic E-state index is -0.0677. The van der Waals surface area contributed by atoms with Crippen molar-refractivity contribution < 1.29 is 9.53 Å². The predicted molar refractivity (Wildman–Crippen MR) is 56.9 cm³/mol. The Morgan fingerprint density at radius 2 is 2.07 bits per heavy atom. The Balaban J connectivity index is 3.20. The van der Waals surface area contributed by atoms with Gasteiger partial charge in [-0.25, -0.2) is 0 Å². The molecule has 2 heteroatoms. The van der Waals surface area contributed by atoms with Crippen LogP contribution in [-0.4, -0.2) is 12.9 Å². The molecule has 0 amide bonds. The standard InChI is InChI=1S/C12H14O2/c1-8(2)12(13)10-6-5-9(3)7-11(10)14-4/h5-7H,1H2,2-4H3. The van der Waals surface area contributed by atoms with Gasteiger partial charge in [0.25, 0.3) is 0 Å². The van der Waals surface area contributed by atoms with Crippen LogP contribution in [-0.2, 0) is 0 Å². The van der Waals surface area contributed by atoms with Gasteiger partial charge in [-0.3, -0.25) is 4.79 Å². The van der Waals surface area contributed by atoms with Gasteiger partial charge in [0.05, 0.1) is 12.7 Å². The topological polar surface area (TPSA) is 26.3 Å². The summed E-state index contributed by atoms with van der Waals surface area (Å²) < 4.78 is 5.14. The van der Waals surface area contributed by atoms with Gasteiger partial charge in [-0.05, 0) is 37.1 Å². The van der Waals surface area contributed by atoms with Crippen molar-refractivity contribution in [2.45, 2.75) is 13.8 Å². The average molecular weight is 190 g/mol. The normalized spacial score (nSPS) is 9.64. The highest BCUT2D eigenvalue weighted by Crippen LogP contribution is 2.22. The zero-order valence-electron chi connectivity index (χ0n) is 8.76. The Bertz CT molecular complexity index is 378. The number of ketones is 1. The number of ether oxygens (including phenoxy) is 1. The van der Waals surface area contributed by atoms with E-state index >= 15 is 0 Å². The maximum Gasteiger partial charge on any atom is 0.191 e. The van der Waals surface area contributed by atoms with E-state index in [4.69, 9.17) is 4.74 Å². The number of Topliss-reactive ketones (excluding diaryl/α,β-unsaturated/α-hetero) is 1. The van der Waals surface area contributed by atoms with Crippen LogP contribution in [0.25, 0.3) is 0 Å². The van der Waals surface area contributed by atoms with Crippen LogP contribution in [0.4, 0.5) is 0 Å². The lowest BCUT2D eigenvalue weighted by Gasteiger charge is -2.07. The molecule has 1 aromatic rings. The third kappa shape index (κ3) is 2.02. The molecule has 2 nitrogen and oxygen atoms in total. The Hall–Kier alpha value is -1.57. The van der Waals surface area contributed by atoms with Crippen molar-refractivity contribution in [3.8, 4) is 5.75 Å². The van der Waals surface area contributed by atoms with Crippen LogP contribution >= 0.6 is 0 Å². The summed E-state index contributed by atoms with van der Waals surface area (Å²) >= 11 is 0. The molecule has 0 N–H and O–H groups in total. The second-order valence-corrected chi connectivity index (χ2v) is 3.31. The van der Waals surface area contributed by atoms with E-state index in [0.717, 1.165) is 5.56 Å². The highest BCUT2D eigenvalue weighted by Gasteiger charge is 2.12. The summed E-state index contributed by atoms with van der Waals surface area (Å²) in [6.45, 7) is 7.28. The van der Waals surface area contributed by atoms with Crippen molar-refractivity contribution in [2.75, 3.05) is 7.11 Å². The van der Waals surface area contributed by atoms with E-state index in [-0.39, 0.29) is 5.78 Å². The van der Waals surface area contributed by atoms with Crippen molar-refractivity contribution in [3.63, 3.8) is 0 Å². The van der Waals surface area contributed by atoms with Crippen LogP contribution in [0.2, 0.25) is 0 Å². The minimum Gasteiger partial charge on any atom is -0.496 e. The van der Waals surface area contributed by atoms with Gasteiger partial charge < -0.3 is 4.74 Å². The first-order valence-electron chi connectivity index (χ1n) is 4.41. The van der Waals surface area contributed by atoms with Crippen LogP contribution in [0.3, 0.4) is 0 Å². The number of benzene rings is 1. The van der Waals surface area contributed by atoms with Gasteiger partial charge in [0, 0.05) is 0 Å². The predicted octanol–water partition coefficient (Wildman–Crippen LogP) is 2.76. The van der Waals surface area contributed by atoms with E-state index in [1.165, 1.54) is 0 Å². The van der Waals surface area contributed by atoms with Crippen molar-refractivity contribution in [1.82, 2.24) is 0 Å². The Kier molecular flexibility index (Phi) is 3.07. The lowest BCUT2D eigenvalue weighted by atomic mass is 10.0. The quantitative estimate of drug-likeness (QED) is 0.541. The largest absolute Gasteiger partial charge is 0.496 e. The van der Waals surface area contributed by atoms with Gasteiger partial charge in [0.15, 0.2) is 5.78 Å². The number of aryl methyl sites for hydroxylation is 1. The number of hydrogen-bond acceptors (Lipinski definition) is 2. The number of carbonyl (C=O) groups is 1. The Morgan fingerprint density at radius 1 is 1.43 bits per heavy atom. The monoisotopic (exact) mass is 190 g/mol. The molecule has 0 saturated heterocycles. The average Bonchev–Trinajstić information content (AvgIpc) is 2.16. The lowest BCUT2D eigenvalue weighted by Crippen LogP contribution is -2.02. The summed E-state index contributed by atoms with van der Waals surface area (Å²) in [7, 11) is 1.56. The molecular formula is C12H14O2. The molecule has 0 bridgehead atoms. The molecule has 0 saturated carbocycles. The van der Waals surface area contributed by atoms with Crippen molar-refractivity contribution in [3.05, 3.63) is 41.5 Å². The molecule has 0 atom stereocenters. The van der Waals surface area contributed by atoms with E-state index in [1.54, 1.807) is 20.1 Å². The molecule has 0 radical (unpaired) electrons. The molecule has 74 valence electrons. The summed E-state index contributed by atoms with van der Waals surface area (Å²) in [6, 6.07) is 5.50. The second kappa shape index (κ2) is 4.09. The Labute approximate surface area is 84.2 Å². The van der Waals surface area contributed by atoms with Crippen LogP contribution in [0.15, 0.2) is 30.4 Å². The first-order chi connectivity index (χ1) is 6.56. The molecule has 0 aliphatic carbocycles. The number of allylic oxidation sites excluding steroid dienone is 1. The van der Waals surface area contributed by atoms with E-state index in [2.05, 4.69) is 6.58 Å². The van der Waals surface area contributed by atoms with Gasteiger partial charge >= 0.3 is 0 Å². The highest BCUT2D eigenvalue weighted by molar-refractivity contribution is 6.09. The SMILES string of the molecule is C=C(C)C(=O)c1ccc(C)cc1OC. The van der Waals surface area contributed by atoms with Crippen LogP contribution in [0.1, 0.15) is 22.8 Å². The third-order valence-corrected chi connectivity index (χ3v) is 1.99. The summed E-state index contributed by atoms with van der Waals surface area (Å²) in [4.78, 5) is 11.7. The molecule has 0 fully saturated rings. The number of hydrogen-bond donors (Lipinski definition) is 0. The van der Waals surface area contributed by atoms with Crippen LogP contribution in [0.5, 0.6) is 5.75 Å². The first-order valence-corrected chi connectivity index (χ1v) is 4.41. The number of rotatable bonds is 3. The number of carbonyl (C=O) groups excluding carboxylic acids is 1. The fourth-order valence-electron chi connectivity index (χ4n) is 1.22. The minimum absolute atomic E-state index is 0.0677. The van der Waals surface area contributed by atoms with Gasteiger partial charge in [-0.2, -0.15) is 0 Å². The maximum atomic E-state index is 11.7. The molecule has 1 aromatic carbocycles. The maximum absolute atomic E-state index is 11.7. The first kappa shape index (κ1) is 10.5. The van der Waals surface area contributed by atoms with Crippen molar-refractivity contribution >= 4 is 5.78 Å². The molecular weight excluding hydrogens is 176 g/mol. The lowest BCUT2D eigenvalue weighted by molar-refractivity contribution is 0.103. The molecule has 0 unspecified atom stereocenters. The van der Waals surface area contributed by atoms with Crippen molar-refractivity contribution in [1.29, 1.82) is 0 Å². The fraction of sp³-hybridized carbons (Fsp3) is 0.250. The van der Waals surface area contributed by atoms with E-state index in [1.807, 2.05) is 19.1 Å². The highest BCUT2D eigenvalue weighted by atomic mass is 16.5. The van der Waals surface area contributed by atoms with E-state index < -0.39 is 0 Å². The third-order valence-electron chi connectivity index (χ3n) is 1.99. The summed E-state index contributed by atoms with van der Waals surface area (Å²) in [6.07, 6.45) is 0. The Morgan fingerprint density at radius 3 is 2.57 bits per heavy atom. The summed E-state index contributed by atoms with van der Waals surface area (Å²) in [5.74, 6) is 0.542. The molecule has 0 heterocycles. The summed E-state index contributed by atoms with van der Waals surface area (Å²) in [5, 5.41) is 0. The zero-order valence-corrected chi connectivity index (χ0v) is 8.76.